The number of carbonyl (C=O) groups is 1. The van der Waals surface area contributed by atoms with E-state index in [1.54, 1.807) is 23.7 Å². The van der Waals surface area contributed by atoms with E-state index < -0.39 is 17.7 Å². The summed E-state index contributed by atoms with van der Waals surface area (Å²) < 4.78 is 59.0. The van der Waals surface area contributed by atoms with E-state index in [4.69, 9.17) is 11.6 Å². The van der Waals surface area contributed by atoms with Gasteiger partial charge in [-0.25, -0.2) is 14.1 Å². The summed E-state index contributed by atoms with van der Waals surface area (Å²) in [6, 6.07) is 5.78. The largest absolute Gasteiger partial charge is 0.434 e. The van der Waals surface area contributed by atoms with Crippen LogP contribution < -0.4 is 4.90 Å². The number of imidazole rings is 1. The van der Waals surface area contributed by atoms with Crippen molar-refractivity contribution in [3.63, 3.8) is 0 Å². The summed E-state index contributed by atoms with van der Waals surface area (Å²) in [5.41, 5.74) is 0.223. The molecule has 38 heavy (non-hydrogen) atoms. The standard InChI is InChI=1S/C24H22ClF4N7O2/c1-2-33-13-19(24(27,28)29)31-23(33)15-4-3-14(9-17(15)26)12-34-20-10-18(32-35(20)6-5-21(34)38)22-16(25)11-30-36(22)7-8-37/h3-4,9-11,13,37H,2,5-8,12H2,1H3. The van der Waals surface area contributed by atoms with Crippen molar-refractivity contribution < 1.29 is 27.5 Å². The lowest BCUT2D eigenvalue weighted by Crippen LogP contribution is -2.36. The second kappa shape index (κ2) is 9.87. The molecule has 0 unspecified atom stereocenters. The number of carbonyl (C=O) groups excluding carboxylic acids is 1. The van der Waals surface area contributed by atoms with E-state index in [9.17, 15) is 23.1 Å². The Hall–Kier alpha value is -3.71. The zero-order chi connectivity index (χ0) is 27.2. The first-order valence-corrected chi connectivity index (χ1v) is 12.1. The molecule has 0 radical (unpaired) electrons. The molecule has 1 aliphatic rings. The molecule has 0 aliphatic carbocycles. The number of anilines is 1. The van der Waals surface area contributed by atoms with Gasteiger partial charge >= 0.3 is 6.18 Å². The first kappa shape index (κ1) is 25.9. The average molecular weight is 552 g/mol. The molecular weight excluding hydrogens is 530 g/mol. The number of aliphatic hydroxyl groups is 1. The smallest absolute Gasteiger partial charge is 0.394 e. The van der Waals surface area contributed by atoms with Crippen molar-refractivity contribution in [3.8, 4) is 22.8 Å². The van der Waals surface area contributed by atoms with Crippen LogP contribution >= 0.6 is 11.6 Å². The van der Waals surface area contributed by atoms with Crippen LogP contribution in [0.4, 0.5) is 23.4 Å². The summed E-state index contributed by atoms with van der Waals surface area (Å²) in [4.78, 5) is 17.9. The topological polar surface area (TPSA) is 94.0 Å². The number of nitrogens with zero attached hydrogens (tertiary/aromatic N) is 7. The third-order valence-electron chi connectivity index (χ3n) is 6.25. The van der Waals surface area contributed by atoms with Gasteiger partial charge in [-0.3, -0.25) is 14.4 Å². The van der Waals surface area contributed by atoms with Crippen LogP contribution in [0.5, 0.6) is 0 Å². The zero-order valence-electron chi connectivity index (χ0n) is 20.1. The molecular formula is C24H22ClF4N7O2. The van der Waals surface area contributed by atoms with Crippen LogP contribution in [0.15, 0.2) is 36.7 Å². The first-order valence-electron chi connectivity index (χ1n) is 11.7. The molecule has 0 bridgehead atoms. The van der Waals surface area contributed by atoms with E-state index in [1.807, 2.05) is 0 Å². The fourth-order valence-electron chi connectivity index (χ4n) is 4.45. The zero-order valence-corrected chi connectivity index (χ0v) is 20.8. The molecule has 4 heterocycles. The van der Waals surface area contributed by atoms with Crippen LogP contribution in [0.1, 0.15) is 24.6 Å². The maximum absolute atomic E-state index is 15.2. The number of aliphatic hydroxyl groups excluding tert-OH is 1. The lowest BCUT2D eigenvalue weighted by atomic mass is 10.1. The Kier molecular flexibility index (Phi) is 6.73. The van der Waals surface area contributed by atoms with Crippen molar-refractivity contribution in [3.05, 3.63) is 58.8 Å². The third-order valence-corrected chi connectivity index (χ3v) is 6.52. The van der Waals surface area contributed by atoms with Gasteiger partial charge in [0.05, 0.1) is 43.0 Å². The molecule has 0 saturated heterocycles. The van der Waals surface area contributed by atoms with E-state index in [2.05, 4.69) is 15.2 Å². The Morgan fingerprint density at radius 1 is 1.21 bits per heavy atom. The Morgan fingerprint density at radius 2 is 2.00 bits per heavy atom. The van der Waals surface area contributed by atoms with Gasteiger partial charge in [0.15, 0.2) is 5.69 Å². The molecule has 4 aromatic rings. The van der Waals surface area contributed by atoms with Crippen molar-refractivity contribution in [2.24, 2.45) is 0 Å². The number of hydrogen-bond acceptors (Lipinski definition) is 5. The van der Waals surface area contributed by atoms with Gasteiger partial charge in [0, 0.05) is 25.2 Å². The summed E-state index contributed by atoms with van der Waals surface area (Å²) in [6.07, 6.45) is -2.18. The molecule has 1 aliphatic heterocycles. The van der Waals surface area contributed by atoms with Gasteiger partial charge in [-0.05, 0) is 24.6 Å². The van der Waals surface area contributed by atoms with Crippen molar-refractivity contribution >= 4 is 23.3 Å². The van der Waals surface area contributed by atoms with Gasteiger partial charge in [-0.15, -0.1) is 0 Å². The molecule has 3 aromatic heterocycles. The first-order chi connectivity index (χ1) is 18.1. The van der Waals surface area contributed by atoms with Crippen molar-refractivity contribution in [1.82, 2.24) is 29.1 Å². The predicted molar refractivity (Wildman–Crippen MR) is 130 cm³/mol. The molecule has 9 nitrogen and oxygen atoms in total. The number of halogens is 5. The van der Waals surface area contributed by atoms with Crippen LogP contribution in [-0.4, -0.2) is 46.7 Å². The van der Waals surface area contributed by atoms with Crippen LogP contribution in [0.2, 0.25) is 5.02 Å². The van der Waals surface area contributed by atoms with Crippen LogP contribution in [0, 0.1) is 5.82 Å². The molecule has 14 heteroatoms. The number of alkyl halides is 3. The second-order valence-corrected chi connectivity index (χ2v) is 9.08. The molecule has 1 aromatic carbocycles. The highest BCUT2D eigenvalue weighted by atomic mass is 35.5. The molecule has 1 amide bonds. The van der Waals surface area contributed by atoms with E-state index in [0.717, 1.165) is 6.20 Å². The Morgan fingerprint density at radius 3 is 2.68 bits per heavy atom. The minimum absolute atomic E-state index is 0.0147. The van der Waals surface area contributed by atoms with Gasteiger partial charge < -0.3 is 9.67 Å². The van der Waals surface area contributed by atoms with Gasteiger partial charge in [0.25, 0.3) is 0 Å². The number of fused-ring (bicyclic) bond motifs is 1. The maximum atomic E-state index is 15.2. The van der Waals surface area contributed by atoms with Gasteiger partial charge in [-0.1, -0.05) is 17.7 Å². The molecule has 0 spiro atoms. The normalized spacial score (nSPS) is 13.9. The molecule has 5 rings (SSSR count). The van der Waals surface area contributed by atoms with E-state index in [-0.39, 0.29) is 50.0 Å². The van der Waals surface area contributed by atoms with Crippen LogP contribution in [0.3, 0.4) is 0 Å². The minimum Gasteiger partial charge on any atom is -0.394 e. The Balaban J connectivity index is 1.45. The lowest BCUT2D eigenvalue weighted by Gasteiger charge is -2.27. The molecule has 200 valence electrons. The summed E-state index contributed by atoms with van der Waals surface area (Å²) in [6.45, 7) is 2.22. The summed E-state index contributed by atoms with van der Waals surface area (Å²) >= 11 is 6.30. The SMILES string of the molecule is CCn1cc(C(F)(F)F)nc1-c1ccc(CN2C(=O)CCn3nc(-c4c(Cl)cnn4CCO)cc32)cc1F. The number of rotatable bonds is 7. The predicted octanol–water partition coefficient (Wildman–Crippen LogP) is 4.37. The Labute approximate surface area is 218 Å². The summed E-state index contributed by atoms with van der Waals surface area (Å²) in [5.74, 6) is -0.600. The molecule has 0 fully saturated rings. The fraction of sp³-hybridized carbons (Fsp3) is 0.333. The molecule has 0 saturated carbocycles. The van der Waals surface area contributed by atoms with E-state index in [1.165, 1.54) is 32.5 Å². The highest BCUT2D eigenvalue weighted by molar-refractivity contribution is 6.32. The molecule has 1 N–H and O–H groups in total. The summed E-state index contributed by atoms with van der Waals surface area (Å²) in [5, 5.41) is 18.4. The average Bonchev–Trinajstić information content (AvgIpc) is 3.57. The molecule has 0 atom stereocenters. The number of aromatic nitrogens is 6. The number of amides is 1. The van der Waals surface area contributed by atoms with E-state index >= 15 is 4.39 Å². The third kappa shape index (κ3) is 4.67. The number of aryl methyl sites for hydroxylation is 2. The van der Waals surface area contributed by atoms with Gasteiger partial charge in [-0.2, -0.15) is 23.4 Å². The van der Waals surface area contributed by atoms with Crippen LogP contribution in [-0.2, 0) is 37.1 Å². The minimum atomic E-state index is -4.65. The quantitative estimate of drug-likeness (QED) is 0.344. The fourth-order valence-corrected chi connectivity index (χ4v) is 4.69. The van der Waals surface area contributed by atoms with Crippen molar-refractivity contribution in [1.29, 1.82) is 0 Å². The van der Waals surface area contributed by atoms with Crippen molar-refractivity contribution in [2.45, 2.75) is 45.7 Å². The monoisotopic (exact) mass is 551 g/mol. The maximum Gasteiger partial charge on any atom is 0.434 e. The van der Waals surface area contributed by atoms with Crippen molar-refractivity contribution in [2.75, 3.05) is 11.5 Å². The summed E-state index contributed by atoms with van der Waals surface area (Å²) in [7, 11) is 0. The number of benzene rings is 1. The van der Waals surface area contributed by atoms with Crippen LogP contribution in [0.25, 0.3) is 22.8 Å². The Bertz CT molecular complexity index is 1510. The van der Waals surface area contributed by atoms with E-state index in [0.29, 0.717) is 34.3 Å². The lowest BCUT2D eigenvalue weighted by molar-refractivity contribution is -0.140. The number of hydrogen-bond donors (Lipinski definition) is 1. The second-order valence-electron chi connectivity index (χ2n) is 8.68. The van der Waals surface area contributed by atoms with Gasteiger partial charge in [0.2, 0.25) is 5.91 Å². The highest BCUT2D eigenvalue weighted by Gasteiger charge is 2.35. The highest BCUT2D eigenvalue weighted by Crippen LogP contribution is 2.34. The van der Waals surface area contributed by atoms with Gasteiger partial charge in [0.1, 0.15) is 28.8 Å².